The van der Waals surface area contributed by atoms with Crippen LogP contribution >= 0.6 is 0 Å². The minimum atomic E-state index is -1.16. The average molecular weight is 260 g/mol. The van der Waals surface area contributed by atoms with E-state index in [0.29, 0.717) is 12.4 Å². The zero-order valence-corrected chi connectivity index (χ0v) is 10.2. The number of hydrogen-bond donors (Lipinski definition) is 2. The second kappa shape index (κ2) is 5.30. The number of imidazole rings is 1. The molecule has 98 valence electrons. The van der Waals surface area contributed by atoms with E-state index in [0.717, 1.165) is 0 Å². The third-order valence-electron chi connectivity index (χ3n) is 2.48. The van der Waals surface area contributed by atoms with Gasteiger partial charge < -0.3 is 15.0 Å². The Morgan fingerprint density at radius 1 is 1.37 bits per heavy atom. The number of aromatic nitrogens is 3. The fraction of sp³-hybridized carbons (Fsp3) is 0.167. The van der Waals surface area contributed by atoms with Crippen LogP contribution in [0, 0.1) is 0 Å². The highest BCUT2D eigenvalue weighted by Gasteiger charge is 2.16. The minimum Gasteiger partial charge on any atom is -0.477 e. The molecule has 0 unspecified atom stereocenters. The van der Waals surface area contributed by atoms with Crippen molar-refractivity contribution in [3.63, 3.8) is 0 Å². The van der Waals surface area contributed by atoms with Crippen LogP contribution in [-0.4, -0.2) is 43.9 Å². The molecule has 1 amide bonds. The summed E-state index contributed by atoms with van der Waals surface area (Å²) in [4.78, 5) is 35.0. The van der Waals surface area contributed by atoms with Gasteiger partial charge in [-0.3, -0.25) is 4.79 Å². The van der Waals surface area contributed by atoms with E-state index in [1.54, 1.807) is 19.4 Å². The number of nitrogens with zero attached hydrogens (tertiary/aromatic N) is 3. The van der Waals surface area contributed by atoms with Gasteiger partial charge in [-0.2, -0.15) is 0 Å². The largest absolute Gasteiger partial charge is 0.477 e. The molecule has 2 aromatic heterocycles. The predicted molar refractivity (Wildman–Crippen MR) is 65.6 cm³/mol. The average Bonchev–Trinajstić information content (AvgIpc) is 2.90. The number of amides is 1. The molecule has 0 aromatic carbocycles. The first-order valence-corrected chi connectivity index (χ1v) is 5.52. The molecule has 0 atom stereocenters. The SMILES string of the molecule is CN(Cc1ncc[nH]1)C(=O)c1cccc(C(=O)O)n1. The van der Waals surface area contributed by atoms with Crippen LogP contribution in [0.5, 0.6) is 0 Å². The van der Waals surface area contributed by atoms with Crippen LogP contribution in [0.4, 0.5) is 0 Å². The minimum absolute atomic E-state index is 0.0916. The van der Waals surface area contributed by atoms with Gasteiger partial charge in [-0.05, 0) is 12.1 Å². The van der Waals surface area contributed by atoms with Gasteiger partial charge in [0.2, 0.25) is 0 Å². The quantitative estimate of drug-likeness (QED) is 0.846. The van der Waals surface area contributed by atoms with E-state index >= 15 is 0 Å². The van der Waals surface area contributed by atoms with Gasteiger partial charge in [0.15, 0.2) is 0 Å². The lowest BCUT2D eigenvalue weighted by atomic mass is 10.2. The second-order valence-corrected chi connectivity index (χ2v) is 3.91. The molecule has 0 bridgehead atoms. The topological polar surface area (TPSA) is 99.2 Å². The normalized spacial score (nSPS) is 10.2. The fourth-order valence-corrected chi connectivity index (χ4v) is 1.55. The van der Waals surface area contributed by atoms with E-state index in [1.807, 2.05) is 0 Å². The summed E-state index contributed by atoms with van der Waals surface area (Å²) in [6, 6.07) is 4.31. The van der Waals surface area contributed by atoms with Gasteiger partial charge in [0.25, 0.3) is 5.91 Å². The molecule has 0 radical (unpaired) electrons. The lowest BCUT2D eigenvalue weighted by Gasteiger charge is -2.15. The van der Waals surface area contributed by atoms with Gasteiger partial charge in [-0.15, -0.1) is 0 Å². The van der Waals surface area contributed by atoms with E-state index in [1.165, 1.54) is 23.1 Å². The molecule has 19 heavy (non-hydrogen) atoms. The van der Waals surface area contributed by atoms with Crippen LogP contribution in [0.1, 0.15) is 26.8 Å². The molecular weight excluding hydrogens is 248 g/mol. The van der Waals surface area contributed by atoms with Crippen LogP contribution in [0.2, 0.25) is 0 Å². The number of H-pyrrole nitrogens is 1. The number of pyridine rings is 1. The number of aromatic amines is 1. The second-order valence-electron chi connectivity index (χ2n) is 3.91. The summed E-state index contributed by atoms with van der Waals surface area (Å²) in [5.41, 5.74) is -0.0637. The van der Waals surface area contributed by atoms with Crippen LogP contribution in [-0.2, 0) is 6.54 Å². The third-order valence-corrected chi connectivity index (χ3v) is 2.48. The lowest BCUT2D eigenvalue weighted by molar-refractivity contribution is 0.0690. The van der Waals surface area contributed by atoms with E-state index in [2.05, 4.69) is 15.0 Å². The standard InChI is InChI=1S/C12H12N4O3/c1-16(7-10-13-5-6-14-10)11(17)8-3-2-4-9(15-8)12(18)19/h2-6H,7H2,1H3,(H,13,14)(H,18,19). The number of rotatable bonds is 4. The fourth-order valence-electron chi connectivity index (χ4n) is 1.55. The Bertz CT molecular complexity index is 595. The number of carbonyl (C=O) groups is 2. The molecule has 7 heteroatoms. The molecule has 0 aliphatic carbocycles. The summed E-state index contributed by atoms with van der Waals surface area (Å²) in [5, 5.41) is 8.83. The van der Waals surface area contributed by atoms with Gasteiger partial charge in [0.1, 0.15) is 17.2 Å². The summed E-state index contributed by atoms with van der Waals surface area (Å²) in [6.45, 7) is 0.296. The highest BCUT2D eigenvalue weighted by Crippen LogP contribution is 2.05. The van der Waals surface area contributed by atoms with Crippen LogP contribution in [0.15, 0.2) is 30.6 Å². The third kappa shape index (κ3) is 2.95. The van der Waals surface area contributed by atoms with Crippen molar-refractivity contribution in [2.75, 3.05) is 7.05 Å². The zero-order chi connectivity index (χ0) is 13.8. The monoisotopic (exact) mass is 260 g/mol. The summed E-state index contributed by atoms with van der Waals surface area (Å²) >= 11 is 0. The molecule has 0 saturated heterocycles. The molecule has 0 aliphatic heterocycles. The molecule has 2 rings (SSSR count). The van der Waals surface area contributed by atoms with Crippen molar-refractivity contribution in [3.8, 4) is 0 Å². The maximum absolute atomic E-state index is 12.1. The van der Waals surface area contributed by atoms with Crippen LogP contribution in [0.3, 0.4) is 0 Å². The smallest absolute Gasteiger partial charge is 0.354 e. The van der Waals surface area contributed by atoms with E-state index in [9.17, 15) is 9.59 Å². The first-order chi connectivity index (χ1) is 9.08. The highest BCUT2D eigenvalue weighted by molar-refractivity contribution is 5.94. The van der Waals surface area contributed by atoms with Gasteiger partial charge in [0.05, 0.1) is 6.54 Å². The molecule has 0 saturated carbocycles. The Hall–Kier alpha value is -2.70. The Morgan fingerprint density at radius 3 is 2.74 bits per heavy atom. The molecule has 0 fully saturated rings. The Kier molecular flexibility index (Phi) is 3.56. The molecule has 2 N–H and O–H groups in total. The highest BCUT2D eigenvalue weighted by atomic mass is 16.4. The van der Waals surface area contributed by atoms with Crippen LogP contribution in [0.25, 0.3) is 0 Å². The zero-order valence-electron chi connectivity index (χ0n) is 10.2. The molecular formula is C12H12N4O3. The van der Waals surface area contributed by atoms with Crippen molar-refractivity contribution in [2.24, 2.45) is 0 Å². The Morgan fingerprint density at radius 2 is 2.11 bits per heavy atom. The number of carbonyl (C=O) groups excluding carboxylic acids is 1. The van der Waals surface area contributed by atoms with Crippen molar-refractivity contribution >= 4 is 11.9 Å². The van der Waals surface area contributed by atoms with E-state index in [4.69, 9.17) is 5.11 Å². The van der Waals surface area contributed by atoms with Crippen molar-refractivity contribution in [3.05, 3.63) is 47.8 Å². The lowest BCUT2D eigenvalue weighted by Crippen LogP contribution is -2.27. The predicted octanol–water partition coefficient (Wildman–Crippen LogP) is 0.775. The Labute approximate surface area is 108 Å². The molecule has 0 aliphatic rings. The van der Waals surface area contributed by atoms with Crippen molar-refractivity contribution in [1.82, 2.24) is 19.9 Å². The van der Waals surface area contributed by atoms with Crippen LogP contribution < -0.4 is 0 Å². The van der Waals surface area contributed by atoms with Crippen molar-refractivity contribution in [2.45, 2.75) is 6.54 Å². The van der Waals surface area contributed by atoms with Gasteiger partial charge in [-0.25, -0.2) is 14.8 Å². The number of carboxylic acid groups (broad SMARTS) is 1. The first kappa shape index (κ1) is 12.7. The van der Waals surface area contributed by atoms with E-state index < -0.39 is 5.97 Å². The molecule has 7 nitrogen and oxygen atoms in total. The van der Waals surface area contributed by atoms with Gasteiger partial charge >= 0.3 is 5.97 Å². The molecule has 2 heterocycles. The summed E-state index contributed by atoms with van der Waals surface area (Å²) in [5.74, 6) is -0.881. The number of aromatic carboxylic acids is 1. The van der Waals surface area contributed by atoms with Crippen molar-refractivity contribution in [1.29, 1.82) is 0 Å². The van der Waals surface area contributed by atoms with Crippen molar-refractivity contribution < 1.29 is 14.7 Å². The summed E-state index contributed by atoms with van der Waals surface area (Å²) in [7, 11) is 1.60. The van der Waals surface area contributed by atoms with Gasteiger partial charge in [-0.1, -0.05) is 6.07 Å². The summed E-state index contributed by atoms with van der Waals surface area (Å²) in [6.07, 6.45) is 3.26. The maximum Gasteiger partial charge on any atom is 0.354 e. The number of nitrogens with one attached hydrogen (secondary N) is 1. The maximum atomic E-state index is 12.1. The Balaban J connectivity index is 2.14. The summed E-state index contributed by atoms with van der Waals surface area (Å²) < 4.78 is 0. The first-order valence-electron chi connectivity index (χ1n) is 5.52. The number of hydrogen-bond acceptors (Lipinski definition) is 4. The number of carboxylic acids is 1. The van der Waals surface area contributed by atoms with Gasteiger partial charge in [0, 0.05) is 19.4 Å². The molecule has 0 spiro atoms. The van der Waals surface area contributed by atoms with E-state index in [-0.39, 0.29) is 17.3 Å². The molecule has 2 aromatic rings.